The lowest BCUT2D eigenvalue weighted by Gasteiger charge is -2.17. The SMILES string of the molecule is O=C(CCCCCOC(=O)CCCCCOC(=O)CCCCCOC(=O)CCCCCOC(=O)CCCCCOC(=O)C1CCCC2OC21)OCCCCCC(=O)OCCCCCC(=O)OCCCCCC(=O)OCCCCCC(=O)OCC1CCCC2OC12. The molecule has 2 aliphatic heterocycles. The number of esters is 10. The number of hydrogen-bond acceptors (Lipinski definition) is 22. The quantitative estimate of drug-likeness (QED) is 0.0237. The van der Waals surface area contributed by atoms with E-state index in [0.29, 0.717) is 213 Å². The molecule has 0 aromatic carbocycles. The van der Waals surface area contributed by atoms with Gasteiger partial charge < -0.3 is 56.8 Å². The second kappa shape index (κ2) is 50.2. The largest absolute Gasteiger partial charge is 0.466 e. The first-order chi connectivity index (χ1) is 43.9. The zero-order valence-corrected chi connectivity index (χ0v) is 54.2. The maximum Gasteiger partial charge on any atom is 0.311 e. The van der Waals surface area contributed by atoms with Gasteiger partial charge in [0, 0.05) is 63.7 Å². The highest BCUT2D eigenvalue weighted by Gasteiger charge is 2.51. The minimum Gasteiger partial charge on any atom is -0.466 e. The van der Waals surface area contributed by atoms with Gasteiger partial charge in [-0.15, -0.1) is 0 Å². The summed E-state index contributed by atoms with van der Waals surface area (Å²) in [5.41, 5.74) is 0. The van der Waals surface area contributed by atoms with Crippen molar-refractivity contribution in [3.63, 3.8) is 0 Å². The standard InChI is InChI=1S/C68H110O22/c69-57(80-44-20-2-12-36-59(71)82-46-22-4-14-38-61(73)84-48-24-6-16-40-63(75)86-50-26-8-18-42-65(77)88-52-53-30-28-32-55-66(53)89-55)34-10-1-19-43-79-58(70)35-11-3-21-45-81-60(72)37-13-5-23-47-83-62(74)39-15-7-25-49-85-64(76)41-17-9-27-51-87-68(78)54-31-29-33-56-67(54)90-56/h53-56,66-67H,1-52H2. The number of hydrogen-bond donors (Lipinski definition) is 0. The molecule has 0 N–H and O–H groups in total. The molecule has 4 fully saturated rings. The van der Waals surface area contributed by atoms with E-state index in [4.69, 9.17) is 56.8 Å². The molecule has 90 heavy (non-hydrogen) atoms. The van der Waals surface area contributed by atoms with Crippen LogP contribution in [-0.4, -0.2) is 150 Å². The summed E-state index contributed by atoms with van der Waals surface area (Å²) >= 11 is 0. The van der Waals surface area contributed by atoms with Gasteiger partial charge in [0.05, 0.1) is 96.4 Å². The van der Waals surface area contributed by atoms with Gasteiger partial charge in [-0.2, -0.15) is 0 Å². The zero-order chi connectivity index (χ0) is 64.5. The predicted octanol–water partition coefficient (Wildman–Crippen LogP) is 11.6. The molecule has 4 rings (SSSR count). The molecule has 514 valence electrons. The van der Waals surface area contributed by atoms with E-state index < -0.39 is 0 Å². The molecule has 4 aliphatic rings. The fraction of sp³-hybridized carbons (Fsp3) is 0.853. The van der Waals surface area contributed by atoms with Crippen LogP contribution in [0.25, 0.3) is 0 Å². The molecule has 22 nitrogen and oxygen atoms in total. The fourth-order valence-electron chi connectivity index (χ4n) is 11.0. The van der Waals surface area contributed by atoms with Gasteiger partial charge in [-0.3, -0.25) is 47.9 Å². The van der Waals surface area contributed by atoms with Crippen molar-refractivity contribution in [1.82, 2.24) is 0 Å². The summed E-state index contributed by atoms with van der Waals surface area (Å²) in [4.78, 5) is 121. The van der Waals surface area contributed by atoms with Crippen LogP contribution >= 0.6 is 0 Å². The molecule has 0 spiro atoms. The third kappa shape index (κ3) is 40.5. The molecule has 2 heterocycles. The average molecular weight is 1280 g/mol. The molecule has 22 heteroatoms. The van der Waals surface area contributed by atoms with E-state index in [2.05, 4.69) is 0 Å². The van der Waals surface area contributed by atoms with Gasteiger partial charge in [0.2, 0.25) is 0 Å². The second-order valence-corrected chi connectivity index (χ2v) is 24.4. The summed E-state index contributed by atoms with van der Waals surface area (Å²) in [7, 11) is 0. The number of carbonyl (C=O) groups is 10. The first kappa shape index (κ1) is 77.1. The number of unbranched alkanes of at least 4 members (excludes halogenated alkanes) is 18. The zero-order valence-electron chi connectivity index (χ0n) is 54.2. The van der Waals surface area contributed by atoms with Crippen LogP contribution in [0.2, 0.25) is 0 Å². The smallest absolute Gasteiger partial charge is 0.311 e. The molecular weight excluding hydrogens is 1170 g/mol. The number of fused-ring (bicyclic) bond motifs is 2. The Labute approximate surface area is 534 Å². The van der Waals surface area contributed by atoms with Crippen molar-refractivity contribution in [3.05, 3.63) is 0 Å². The van der Waals surface area contributed by atoms with E-state index in [1.54, 1.807) is 0 Å². The third-order valence-corrected chi connectivity index (χ3v) is 16.5. The maximum absolute atomic E-state index is 12.2. The molecule has 0 amide bonds. The molecule has 0 radical (unpaired) electrons. The van der Waals surface area contributed by atoms with E-state index in [-0.39, 0.29) is 123 Å². The van der Waals surface area contributed by atoms with Crippen molar-refractivity contribution in [2.24, 2.45) is 11.8 Å². The molecule has 0 aromatic rings. The van der Waals surface area contributed by atoms with Crippen LogP contribution in [0, 0.1) is 11.8 Å². The monoisotopic (exact) mass is 1280 g/mol. The molecule has 0 bridgehead atoms. The van der Waals surface area contributed by atoms with Crippen molar-refractivity contribution in [2.45, 2.75) is 294 Å². The van der Waals surface area contributed by atoms with Gasteiger partial charge >= 0.3 is 59.7 Å². The number of carbonyl (C=O) groups excluding carboxylic acids is 10. The Morgan fingerprint density at radius 3 is 0.767 bits per heavy atom. The van der Waals surface area contributed by atoms with Crippen molar-refractivity contribution < 1.29 is 105 Å². The van der Waals surface area contributed by atoms with Crippen molar-refractivity contribution in [3.8, 4) is 0 Å². The first-order valence-corrected chi connectivity index (χ1v) is 34.8. The van der Waals surface area contributed by atoms with Gasteiger partial charge in [0.25, 0.3) is 0 Å². The Kier molecular flexibility index (Phi) is 43.0. The predicted molar refractivity (Wildman–Crippen MR) is 328 cm³/mol. The summed E-state index contributed by atoms with van der Waals surface area (Å²) in [5.74, 6) is -2.24. The van der Waals surface area contributed by atoms with Crippen LogP contribution in [0.4, 0.5) is 0 Å². The van der Waals surface area contributed by atoms with Crippen LogP contribution in [0.5, 0.6) is 0 Å². The highest BCUT2D eigenvalue weighted by atomic mass is 16.6. The normalized spacial score (nSPS) is 18.6. The molecule has 6 unspecified atom stereocenters. The molecule has 2 saturated heterocycles. The van der Waals surface area contributed by atoms with E-state index in [0.717, 1.165) is 96.3 Å². The van der Waals surface area contributed by atoms with Crippen LogP contribution in [0.3, 0.4) is 0 Å². The maximum atomic E-state index is 12.2. The lowest BCUT2D eigenvalue weighted by atomic mass is 9.89. The van der Waals surface area contributed by atoms with E-state index in [1.807, 2.05) is 0 Å². The Morgan fingerprint density at radius 1 is 0.244 bits per heavy atom. The van der Waals surface area contributed by atoms with Crippen LogP contribution in [0.1, 0.15) is 270 Å². The number of epoxide rings is 2. The number of ether oxygens (including phenoxy) is 12. The number of rotatable bonds is 57. The summed E-state index contributed by atoms with van der Waals surface area (Å²) in [6, 6.07) is 0. The minimum atomic E-state index is -0.277. The second-order valence-electron chi connectivity index (χ2n) is 24.4. The molecular formula is C68H110O22. The van der Waals surface area contributed by atoms with Crippen molar-refractivity contribution >= 4 is 59.7 Å². The van der Waals surface area contributed by atoms with Gasteiger partial charge in [0.15, 0.2) is 0 Å². The lowest BCUT2D eigenvalue weighted by molar-refractivity contribution is -0.150. The molecule has 2 aliphatic carbocycles. The lowest BCUT2D eigenvalue weighted by Crippen LogP contribution is -2.27. The summed E-state index contributed by atoms with van der Waals surface area (Å²) < 4.78 is 64.4. The highest BCUT2D eigenvalue weighted by molar-refractivity contribution is 5.74. The van der Waals surface area contributed by atoms with Gasteiger partial charge in [-0.05, 0) is 205 Å². The van der Waals surface area contributed by atoms with E-state index in [1.165, 1.54) is 0 Å². The Hall–Kier alpha value is -5.38. The third-order valence-electron chi connectivity index (χ3n) is 16.5. The molecule has 6 atom stereocenters. The summed E-state index contributed by atoms with van der Waals surface area (Å²) in [6.45, 7) is 3.23. The van der Waals surface area contributed by atoms with Crippen LogP contribution in [-0.2, 0) is 105 Å². The van der Waals surface area contributed by atoms with Crippen molar-refractivity contribution in [1.29, 1.82) is 0 Å². The van der Waals surface area contributed by atoms with E-state index in [9.17, 15) is 47.9 Å². The Bertz CT molecular complexity index is 2060. The van der Waals surface area contributed by atoms with Gasteiger partial charge in [0.1, 0.15) is 0 Å². The van der Waals surface area contributed by atoms with Crippen molar-refractivity contribution in [2.75, 3.05) is 66.1 Å². The van der Waals surface area contributed by atoms with Gasteiger partial charge in [-0.25, -0.2) is 0 Å². The summed E-state index contributed by atoms with van der Waals surface area (Å²) in [6.07, 6.45) is 28.5. The highest BCUT2D eigenvalue weighted by Crippen LogP contribution is 2.42. The molecule has 2 saturated carbocycles. The van der Waals surface area contributed by atoms with Crippen LogP contribution in [0.15, 0.2) is 0 Å². The Balaban J connectivity index is 0.766. The molecule has 0 aromatic heterocycles. The van der Waals surface area contributed by atoms with E-state index >= 15 is 0 Å². The first-order valence-electron chi connectivity index (χ1n) is 34.8. The summed E-state index contributed by atoms with van der Waals surface area (Å²) in [5, 5.41) is 0. The van der Waals surface area contributed by atoms with Crippen LogP contribution < -0.4 is 0 Å². The fourth-order valence-corrected chi connectivity index (χ4v) is 11.0. The average Bonchev–Trinajstić information content (AvgIpc) is 1.76. The topological polar surface area (TPSA) is 288 Å². The Morgan fingerprint density at radius 2 is 0.478 bits per heavy atom. The minimum absolute atomic E-state index is 0.0576. The van der Waals surface area contributed by atoms with Gasteiger partial charge in [-0.1, -0.05) is 6.42 Å².